The van der Waals surface area contributed by atoms with Gasteiger partial charge in [-0.3, -0.25) is 0 Å². The van der Waals surface area contributed by atoms with Gasteiger partial charge in [-0.1, -0.05) is 38.1 Å². The molecule has 0 nitrogen and oxygen atoms in total. The normalized spacial score (nSPS) is 12.3. The molecule has 66 valence electrons. The van der Waals surface area contributed by atoms with Crippen LogP contribution < -0.4 is 0 Å². The highest BCUT2D eigenvalue weighted by atomic mass is 19.3. The zero-order valence-corrected chi connectivity index (χ0v) is 7.14. The second-order valence-electron chi connectivity index (χ2n) is 3.01. The van der Waals surface area contributed by atoms with E-state index in [1.165, 1.54) is 6.07 Å². The molecule has 0 bridgehead atoms. The zero-order valence-electron chi connectivity index (χ0n) is 8.14. The van der Waals surface area contributed by atoms with Gasteiger partial charge in [-0.15, -0.1) is 0 Å². The maximum Gasteiger partial charge on any atom is 0.264 e. The van der Waals surface area contributed by atoms with Gasteiger partial charge in [0.25, 0.3) is 6.43 Å². The van der Waals surface area contributed by atoms with Crippen LogP contribution in [0.15, 0.2) is 24.2 Å². The van der Waals surface area contributed by atoms with Crippen LogP contribution in [0.25, 0.3) is 0 Å². The van der Waals surface area contributed by atoms with E-state index in [9.17, 15) is 8.78 Å². The fraction of sp³-hybridized carbons (Fsp3) is 0.400. The third-order valence-electron chi connectivity index (χ3n) is 1.79. The molecule has 0 saturated carbocycles. The molecule has 2 heteroatoms. The third kappa shape index (κ3) is 1.81. The Morgan fingerprint density at radius 1 is 1.25 bits per heavy atom. The predicted molar refractivity (Wildman–Crippen MR) is 45.5 cm³/mol. The van der Waals surface area contributed by atoms with Crippen LogP contribution in [-0.4, -0.2) is 0 Å². The minimum Gasteiger partial charge on any atom is -0.205 e. The lowest BCUT2D eigenvalue weighted by Gasteiger charge is -2.10. The summed E-state index contributed by atoms with van der Waals surface area (Å²) in [4.78, 5) is 0. The summed E-state index contributed by atoms with van der Waals surface area (Å²) in [6.45, 7) is 3.73. The second-order valence-corrected chi connectivity index (χ2v) is 3.01. The van der Waals surface area contributed by atoms with E-state index < -0.39 is 6.43 Å². The largest absolute Gasteiger partial charge is 0.264 e. The molecule has 12 heavy (non-hydrogen) atoms. The molecule has 0 amide bonds. The number of hydrogen-bond donors (Lipinski definition) is 0. The van der Waals surface area contributed by atoms with E-state index in [1.807, 2.05) is 13.8 Å². The van der Waals surface area contributed by atoms with Crippen molar-refractivity contribution in [3.05, 3.63) is 35.4 Å². The van der Waals surface area contributed by atoms with Crippen molar-refractivity contribution in [3.63, 3.8) is 0 Å². The molecule has 1 aromatic rings. The summed E-state index contributed by atoms with van der Waals surface area (Å²) in [6.07, 6.45) is -2.48. The van der Waals surface area contributed by atoms with Gasteiger partial charge in [-0.2, -0.15) is 0 Å². The number of halogens is 2. The lowest BCUT2D eigenvalue weighted by atomic mass is 9.98. The smallest absolute Gasteiger partial charge is 0.205 e. The maximum absolute atomic E-state index is 12.5. The highest BCUT2D eigenvalue weighted by Gasteiger charge is 2.13. The van der Waals surface area contributed by atoms with Crippen LogP contribution in [-0.2, 0) is 0 Å². The Bertz CT molecular complexity index is 295. The van der Waals surface area contributed by atoms with Gasteiger partial charge in [0.2, 0.25) is 0 Å². The van der Waals surface area contributed by atoms with Crippen LogP contribution >= 0.6 is 0 Å². The van der Waals surface area contributed by atoms with Crippen molar-refractivity contribution >= 4 is 0 Å². The van der Waals surface area contributed by atoms with Gasteiger partial charge in [0, 0.05) is 5.56 Å². The van der Waals surface area contributed by atoms with Crippen molar-refractivity contribution < 1.29 is 10.2 Å². The second kappa shape index (κ2) is 3.65. The van der Waals surface area contributed by atoms with Gasteiger partial charge in [-0.25, -0.2) is 8.78 Å². The topological polar surface area (TPSA) is 0 Å². The lowest BCUT2D eigenvalue weighted by molar-refractivity contribution is 0.150. The van der Waals surface area contributed by atoms with Crippen molar-refractivity contribution in [1.82, 2.24) is 0 Å². The first-order valence-corrected chi connectivity index (χ1v) is 3.91. The molecule has 0 atom stereocenters. The minimum absolute atomic E-state index is 0.0116. The van der Waals surface area contributed by atoms with Crippen molar-refractivity contribution in [3.8, 4) is 0 Å². The van der Waals surface area contributed by atoms with Crippen LogP contribution in [0.4, 0.5) is 8.78 Å². The lowest BCUT2D eigenvalue weighted by Crippen LogP contribution is -1.95. The SMILES string of the molecule is [2H]c1ccc(C(C)C)c(C(F)F)c1. The van der Waals surface area contributed by atoms with Crippen LogP contribution in [0.5, 0.6) is 0 Å². The summed E-state index contributed by atoms with van der Waals surface area (Å²) in [5.41, 5.74) is 0.619. The summed E-state index contributed by atoms with van der Waals surface area (Å²) in [6, 6.07) is 4.52. The Morgan fingerprint density at radius 3 is 2.42 bits per heavy atom. The summed E-state index contributed by atoms with van der Waals surface area (Å²) in [5.74, 6) is 0.0737. The van der Waals surface area contributed by atoms with Crippen molar-refractivity contribution in [2.45, 2.75) is 26.2 Å². The molecule has 0 aliphatic carbocycles. The molecule has 0 saturated heterocycles. The van der Waals surface area contributed by atoms with E-state index in [4.69, 9.17) is 1.37 Å². The van der Waals surface area contributed by atoms with E-state index in [-0.39, 0.29) is 17.5 Å². The number of hydrogen-bond acceptors (Lipinski definition) is 0. The molecule has 1 rings (SSSR count). The number of benzene rings is 1. The Labute approximate surface area is 72.6 Å². The van der Waals surface area contributed by atoms with Crippen LogP contribution in [0.3, 0.4) is 0 Å². The van der Waals surface area contributed by atoms with Crippen molar-refractivity contribution in [2.24, 2.45) is 0 Å². The minimum atomic E-state index is -2.48. The fourth-order valence-electron chi connectivity index (χ4n) is 1.17. The van der Waals surface area contributed by atoms with E-state index in [2.05, 4.69) is 0 Å². The molecule has 0 radical (unpaired) electrons. The van der Waals surface area contributed by atoms with Gasteiger partial charge >= 0.3 is 0 Å². The van der Waals surface area contributed by atoms with Gasteiger partial charge in [-0.05, 0) is 11.5 Å². The summed E-state index contributed by atoms with van der Waals surface area (Å²) >= 11 is 0. The number of rotatable bonds is 2. The van der Waals surface area contributed by atoms with E-state index in [1.54, 1.807) is 12.1 Å². The summed E-state index contributed by atoms with van der Waals surface area (Å²) in [7, 11) is 0. The molecule has 0 fully saturated rings. The van der Waals surface area contributed by atoms with Gasteiger partial charge in [0.1, 0.15) is 0 Å². The molecule has 0 aliphatic rings. The summed E-state index contributed by atoms with van der Waals surface area (Å²) in [5, 5.41) is 0. The highest BCUT2D eigenvalue weighted by molar-refractivity contribution is 5.30. The first-order valence-electron chi connectivity index (χ1n) is 4.41. The molecular formula is C10H12F2. The van der Waals surface area contributed by atoms with Gasteiger partial charge in [0.05, 0.1) is 1.37 Å². The highest BCUT2D eigenvalue weighted by Crippen LogP contribution is 2.27. The molecule has 0 heterocycles. The standard InChI is InChI=1S/C10H12F2/c1-7(2)8-5-3-4-6-9(8)10(11)12/h3-7,10H,1-2H3/i4D. The van der Waals surface area contributed by atoms with Crippen molar-refractivity contribution in [1.29, 1.82) is 0 Å². The Morgan fingerprint density at radius 2 is 1.92 bits per heavy atom. The molecule has 0 aromatic heterocycles. The quantitative estimate of drug-likeness (QED) is 0.635. The average molecular weight is 171 g/mol. The molecule has 0 unspecified atom stereocenters. The van der Waals surface area contributed by atoms with E-state index >= 15 is 0 Å². The monoisotopic (exact) mass is 171 g/mol. The fourth-order valence-corrected chi connectivity index (χ4v) is 1.17. The van der Waals surface area contributed by atoms with E-state index in [0.717, 1.165) is 0 Å². The molecule has 0 spiro atoms. The first kappa shape index (κ1) is 7.71. The van der Waals surface area contributed by atoms with E-state index in [0.29, 0.717) is 5.56 Å². The van der Waals surface area contributed by atoms with Crippen LogP contribution in [0, 0.1) is 0 Å². The average Bonchev–Trinajstić information content (AvgIpc) is 2.03. The third-order valence-corrected chi connectivity index (χ3v) is 1.79. The molecular weight excluding hydrogens is 158 g/mol. The Balaban J connectivity index is 3.19. The molecule has 0 aliphatic heterocycles. The first-order chi connectivity index (χ1) is 6.02. The molecule has 0 N–H and O–H groups in total. The number of alkyl halides is 2. The predicted octanol–water partition coefficient (Wildman–Crippen LogP) is 3.75. The zero-order chi connectivity index (χ0) is 10.0. The Kier molecular flexibility index (Phi) is 2.35. The van der Waals surface area contributed by atoms with Crippen molar-refractivity contribution in [2.75, 3.05) is 0 Å². The van der Waals surface area contributed by atoms with Gasteiger partial charge in [0.15, 0.2) is 0 Å². The Hall–Kier alpha value is -0.920. The van der Waals surface area contributed by atoms with Crippen LogP contribution in [0.2, 0.25) is 0 Å². The molecule has 1 aromatic carbocycles. The maximum atomic E-state index is 12.5. The summed E-state index contributed by atoms with van der Waals surface area (Å²) < 4.78 is 32.2. The van der Waals surface area contributed by atoms with Gasteiger partial charge < -0.3 is 0 Å². The van der Waals surface area contributed by atoms with Crippen LogP contribution in [0.1, 0.15) is 38.7 Å².